The number of nitrogens with zero attached hydrogens (tertiary/aromatic N) is 3. The molecule has 4 rings (SSSR count). The van der Waals surface area contributed by atoms with Gasteiger partial charge in [0.25, 0.3) is 5.91 Å². The van der Waals surface area contributed by atoms with Crippen LogP contribution in [0, 0.1) is 0 Å². The molecule has 1 heterocycles. The largest absolute Gasteiger partial charge is 0.272 e. The Kier molecular flexibility index (Phi) is 7.81. The van der Waals surface area contributed by atoms with Crippen LogP contribution in [-0.4, -0.2) is 27.6 Å². The van der Waals surface area contributed by atoms with Crippen molar-refractivity contribution in [2.75, 3.05) is 5.75 Å². The third kappa shape index (κ3) is 6.10. The molecule has 1 aromatic heterocycles. The normalized spacial score (nSPS) is 11.6. The highest BCUT2D eigenvalue weighted by Gasteiger charge is 2.10. The van der Waals surface area contributed by atoms with Gasteiger partial charge in [0.05, 0.1) is 11.5 Å². The van der Waals surface area contributed by atoms with Crippen molar-refractivity contribution in [3.8, 4) is 0 Å². The van der Waals surface area contributed by atoms with Gasteiger partial charge < -0.3 is 0 Å². The van der Waals surface area contributed by atoms with Crippen molar-refractivity contribution in [3.05, 3.63) is 82.9 Å². The molecule has 0 atom stereocenters. The van der Waals surface area contributed by atoms with Crippen molar-refractivity contribution in [2.24, 2.45) is 5.10 Å². The Balaban J connectivity index is 1.27. The van der Waals surface area contributed by atoms with E-state index in [0.717, 1.165) is 20.0 Å². The Labute approximate surface area is 203 Å². The second-order valence-corrected chi connectivity index (χ2v) is 10.6. The monoisotopic (exact) mass is 498 g/mol. The molecular weight excluding hydrogens is 480 g/mol. The molecule has 3 aromatic carbocycles. The van der Waals surface area contributed by atoms with Crippen LogP contribution in [0.1, 0.15) is 18.1 Å². The van der Waals surface area contributed by atoms with E-state index < -0.39 is 0 Å². The highest BCUT2D eigenvalue weighted by molar-refractivity contribution is 8.03. The summed E-state index contributed by atoms with van der Waals surface area (Å²) in [5.41, 5.74) is 5.47. The van der Waals surface area contributed by atoms with Gasteiger partial charge >= 0.3 is 0 Å². The second-order valence-electron chi connectivity index (χ2n) is 6.79. The first kappa shape index (κ1) is 22.8. The van der Waals surface area contributed by atoms with Gasteiger partial charge in [-0.1, -0.05) is 101 Å². The number of nitrogens with one attached hydrogen (secondary N) is 1. The fourth-order valence-corrected chi connectivity index (χ4v) is 5.88. The summed E-state index contributed by atoms with van der Waals surface area (Å²) in [6.45, 7) is 1.83. The molecule has 0 radical (unpaired) electrons. The van der Waals surface area contributed by atoms with E-state index in [2.05, 4.69) is 57.1 Å². The molecule has 0 saturated carbocycles. The average molecular weight is 499 g/mol. The van der Waals surface area contributed by atoms with E-state index in [-0.39, 0.29) is 11.7 Å². The molecule has 1 N–H and O–H groups in total. The highest BCUT2D eigenvalue weighted by Crippen LogP contribution is 2.32. The van der Waals surface area contributed by atoms with Gasteiger partial charge in [-0.3, -0.25) is 4.79 Å². The molecule has 5 nitrogen and oxygen atoms in total. The van der Waals surface area contributed by atoms with Crippen LogP contribution in [-0.2, 0) is 10.5 Å². The van der Waals surface area contributed by atoms with Gasteiger partial charge in [-0.15, -0.1) is 10.2 Å². The van der Waals surface area contributed by atoms with E-state index in [1.54, 1.807) is 23.9 Å². The smallest absolute Gasteiger partial charge is 0.250 e. The van der Waals surface area contributed by atoms with Crippen molar-refractivity contribution in [1.82, 2.24) is 15.6 Å². The molecular formula is C23H19ClN4OS3. The number of halogens is 1. The van der Waals surface area contributed by atoms with Crippen molar-refractivity contribution >= 4 is 68.9 Å². The number of rotatable bonds is 8. The van der Waals surface area contributed by atoms with Gasteiger partial charge in [0.1, 0.15) is 0 Å². The number of carbonyl (C=O) groups excluding carboxylic acids is 1. The van der Waals surface area contributed by atoms with Gasteiger partial charge in [0.15, 0.2) is 8.68 Å². The van der Waals surface area contributed by atoms with Gasteiger partial charge in [0.2, 0.25) is 0 Å². The minimum atomic E-state index is -0.191. The predicted molar refractivity (Wildman–Crippen MR) is 136 cm³/mol. The number of hydrogen-bond donors (Lipinski definition) is 1. The molecule has 32 heavy (non-hydrogen) atoms. The molecule has 1 amide bonds. The summed E-state index contributed by atoms with van der Waals surface area (Å²) < 4.78 is 1.65. The third-order valence-corrected chi connectivity index (χ3v) is 8.05. The molecule has 0 saturated heterocycles. The standard InChI is InChI=1S/C23H19ClN4OS3/c1-15(16-9-11-19(24)12-10-16)25-26-21(29)14-31-23-28-27-22(32-23)30-13-18-7-4-6-17-5-2-3-8-20(17)18/h2-12H,13-14H2,1H3,(H,26,29)/b25-15-. The maximum Gasteiger partial charge on any atom is 0.250 e. The number of fused-ring (bicyclic) bond motifs is 1. The fraction of sp³-hybridized carbons (Fsp3) is 0.130. The van der Waals surface area contributed by atoms with Crippen LogP contribution in [0.2, 0.25) is 5.02 Å². The fourth-order valence-electron chi connectivity index (χ4n) is 2.93. The minimum absolute atomic E-state index is 0.191. The first-order valence-electron chi connectivity index (χ1n) is 9.73. The number of hydrazone groups is 1. The molecule has 162 valence electrons. The molecule has 0 fully saturated rings. The molecule has 0 unspecified atom stereocenters. The Hall–Kier alpha value is -2.39. The third-order valence-electron chi connectivity index (χ3n) is 4.56. The number of amides is 1. The van der Waals surface area contributed by atoms with Crippen LogP contribution >= 0.6 is 46.5 Å². The first-order chi connectivity index (χ1) is 15.6. The topological polar surface area (TPSA) is 67.2 Å². The van der Waals surface area contributed by atoms with Gasteiger partial charge in [-0.2, -0.15) is 5.10 Å². The number of benzene rings is 3. The summed E-state index contributed by atoms with van der Waals surface area (Å²) >= 11 is 10.4. The molecule has 4 aromatic rings. The Morgan fingerprint density at radius 1 is 1.00 bits per heavy atom. The van der Waals surface area contributed by atoms with E-state index in [4.69, 9.17) is 11.6 Å². The average Bonchev–Trinajstić information content (AvgIpc) is 3.28. The lowest BCUT2D eigenvalue weighted by Crippen LogP contribution is -2.21. The van der Waals surface area contributed by atoms with Crippen molar-refractivity contribution in [3.63, 3.8) is 0 Å². The zero-order valence-corrected chi connectivity index (χ0v) is 20.3. The van der Waals surface area contributed by atoms with Gasteiger partial charge in [0, 0.05) is 10.8 Å². The van der Waals surface area contributed by atoms with Gasteiger partial charge in [-0.05, 0) is 41.0 Å². The quantitative estimate of drug-likeness (QED) is 0.176. The predicted octanol–water partition coefficient (Wildman–Crippen LogP) is 6.27. The number of carbonyl (C=O) groups is 1. The van der Waals surface area contributed by atoms with Crippen LogP contribution in [0.25, 0.3) is 10.8 Å². The molecule has 0 bridgehead atoms. The first-order valence-corrected chi connectivity index (χ1v) is 12.9. The number of aromatic nitrogens is 2. The lowest BCUT2D eigenvalue weighted by molar-refractivity contribution is -0.118. The maximum atomic E-state index is 12.1. The second kappa shape index (κ2) is 11.0. The highest BCUT2D eigenvalue weighted by atomic mass is 35.5. The Morgan fingerprint density at radius 3 is 2.53 bits per heavy atom. The molecule has 0 aliphatic carbocycles. The van der Waals surface area contributed by atoms with Crippen LogP contribution in [0.5, 0.6) is 0 Å². The lowest BCUT2D eigenvalue weighted by Gasteiger charge is -2.04. The van der Waals surface area contributed by atoms with E-state index in [0.29, 0.717) is 10.7 Å². The maximum absolute atomic E-state index is 12.1. The van der Waals surface area contributed by atoms with E-state index in [1.807, 2.05) is 25.1 Å². The lowest BCUT2D eigenvalue weighted by atomic mass is 10.1. The summed E-state index contributed by atoms with van der Waals surface area (Å²) in [7, 11) is 0. The zero-order chi connectivity index (χ0) is 22.3. The zero-order valence-electron chi connectivity index (χ0n) is 17.1. The van der Waals surface area contributed by atoms with Crippen LogP contribution in [0.15, 0.2) is 80.5 Å². The molecule has 0 aliphatic rings. The van der Waals surface area contributed by atoms with Crippen LogP contribution in [0.4, 0.5) is 0 Å². The van der Waals surface area contributed by atoms with E-state index >= 15 is 0 Å². The van der Waals surface area contributed by atoms with Crippen molar-refractivity contribution < 1.29 is 4.79 Å². The summed E-state index contributed by atoms with van der Waals surface area (Å²) in [4.78, 5) is 12.1. The summed E-state index contributed by atoms with van der Waals surface area (Å²) in [6.07, 6.45) is 0. The molecule has 9 heteroatoms. The SMILES string of the molecule is C/C(=N/NC(=O)CSc1nnc(SCc2cccc3ccccc23)s1)c1ccc(Cl)cc1. The van der Waals surface area contributed by atoms with Gasteiger partial charge in [-0.25, -0.2) is 5.43 Å². The van der Waals surface area contributed by atoms with Crippen LogP contribution < -0.4 is 5.43 Å². The summed E-state index contributed by atoms with van der Waals surface area (Å²) in [5.74, 6) is 0.850. The van der Waals surface area contributed by atoms with Crippen molar-refractivity contribution in [2.45, 2.75) is 21.4 Å². The molecule has 0 spiro atoms. The summed E-state index contributed by atoms with van der Waals surface area (Å²) in [6, 6.07) is 22.0. The van der Waals surface area contributed by atoms with E-state index in [9.17, 15) is 4.79 Å². The minimum Gasteiger partial charge on any atom is -0.272 e. The number of thioether (sulfide) groups is 2. The van der Waals surface area contributed by atoms with E-state index in [1.165, 1.54) is 39.4 Å². The van der Waals surface area contributed by atoms with Crippen LogP contribution in [0.3, 0.4) is 0 Å². The molecule has 0 aliphatic heterocycles. The van der Waals surface area contributed by atoms with Crippen molar-refractivity contribution in [1.29, 1.82) is 0 Å². The Morgan fingerprint density at radius 2 is 1.72 bits per heavy atom. The number of hydrogen-bond acceptors (Lipinski definition) is 7. The summed E-state index contributed by atoms with van der Waals surface area (Å²) in [5, 5.41) is 15.8. The Bertz CT molecular complexity index is 1250.